The molecule has 4 N–H and O–H groups in total. The SMILES string of the molecule is O=C1CC[C@](O)([C@H]2Cc3ccc(O)cc3CCCN2CC(F)F)CCNC(=O)N1. The highest BCUT2D eigenvalue weighted by molar-refractivity contribution is 5.94. The van der Waals surface area contributed by atoms with Crippen LogP contribution in [0.2, 0.25) is 0 Å². The molecular weight excluding hydrogens is 384 g/mol. The number of benzene rings is 1. The predicted molar refractivity (Wildman–Crippen MR) is 102 cm³/mol. The highest BCUT2D eigenvalue weighted by atomic mass is 19.3. The summed E-state index contributed by atoms with van der Waals surface area (Å²) in [6, 6.07) is 3.72. The number of aryl methyl sites for hydroxylation is 1. The number of carbonyl (C=O) groups is 2. The number of nitrogens with one attached hydrogen (secondary N) is 2. The van der Waals surface area contributed by atoms with E-state index in [1.54, 1.807) is 23.1 Å². The minimum Gasteiger partial charge on any atom is -0.508 e. The maximum Gasteiger partial charge on any atom is 0.321 e. The average Bonchev–Trinajstić information content (AvgIpc) is 2.68. The van der Waals surface area contributed by atoms with Gasteiger partial charge in [0.1, 0.15) is 5.75 Å². The number of halogens is 2. The van der Waals surface area contributed by atoms with E-state index in [1.807, 2.05) is 0 Å². The van der Waals surface area contributed by atoms with E-state index in [1.165, 1.54) is 0 Å². The van der Waals surface area contributed by atoms with E-state index in [2.05, 4.69) is 10.6 Å². The number of amides is 3. The Hall–Kier alpha value is -2.26. The van der Waals surface area contributed by atoms with Crippen LogP contribution < -0.4 is 10.6 Å². The van der Waals surface area contributed by atoms with Crippen molar-refractivity contribution in [3.63, 3.8) is 0 Å². The Bertz CT molecular complexity index is 761. The molecule has 0 spiro atoms. The number of hydrogen-bond donors (Lipinski definition) is 4. The molecule has 1 aromatic carbocycles. The number of aliphatic hydroxyl groups is 1. The summed E-state index contributed by atoms with van der Waals surface area (Å²) in [5.74, 6) is -0.370. The molecule has 2 heterocycles. The van der Waals surface area contributed by atoms with Gasteiger partial charge in [0.25, 0.3) is 6.43 Å². The highest BCUT2D eigenvalue weighted by Crippen LogP contribution is 2.33. The van der Waals surface area contributed by atoms with Crippen LogP contribution in [0.1, 0.15) is 36.8 Å². The van der Waals surface area contributed by atoms with Crippen molar-refractivity contribution in [2.75, 3.05) is 19.6 Å². The number of alkyl halides is 2. The van der Waals surface area contributed by atoms with E-state index in [0.717, 1.165) is 11.1 Å². The molecule has 1 fully saturated rings. The van der Waals surface area contributed by atoms with Gasteiger partial charge in [0, 0.05) is 19.0 Å². The lowest BCUT2D eigenvalue weighted by Gasteiger charge is -2.44. The first kappa shape index (κ1) is 21.4. The van der Waals surface area contributed by atoms with Gasteiger partial charge in [-0.05, 0) is 61.9 Å². The van der Waals surface area contributed by atoms with Gasteiger partial charge in [0.05, 0.1) is 12.1 Å². The lowest BCUT2D eigenvalue weighted by atomic mass is 9.79. The van der Waals surface area contributed by atoms with Crippen molar-refractivity contribution in [1.82, 2.24) is 15.5 Å². The normalized spacial score (nSPS) is 27.0. The van der Waals surface area contributed by atoms with Gasteiger partial charge in [0.2, 0.25) is 5.91 Å². The number of phenolic OH excluding ortho intramolecular Hbond substituents is 1. The Morgan fingerprint density at radius 1 is 1.21 bits per heavy atom. The number of urea groups is 1. The smallest absolute Gasteiger partial charge is 0.321 e. The second-order valence-electron chi connectivity index (χ2n) is 7.82. The monoisotopic (exact) mass is 411 g/mol. The van der Waals surface area contributed by atoms with Crippen LogP contribution in [0.25, 0.3) is 0 Å². The molecule has 160 valence electrons. The standard InChI is InChI=1S/C20H27F2N3O4/c21-17(22)12-25-9-1-2-13-10-15(26)4-3-14(13)11-16(25)20(29)6-5-18(27)24-19(28)23-8-7-20/h3-4,10,16-17,26,29H,1-2,5-9,11-12H2,(H2,23,24,27,28)/t16-,20-/m1/s1. The van der Waals surface area contributed by atoms with Crippen LogP contribution in [0.5, 0.6) is 5.75 Å². The first-order valence-corrected chi connectivity index (χ1v) is 9.90. The van der Waals surface area contributed by atoms with E-state index in [9.17, 15) is 28.6 Å². The fourth-order valence-electron chi connectivity index (χ4n) is 4.35. The fourth-order valence-corrected chi connectivity index (χ4v) is 4.35. The lowest BCUT2D eigenvalue weighted by Crippen LogP contribution is -2.57. The number of nitrogens with zero attached hydrogens (tertiary/aromatic N) is 1. The zero-order chi connectivity index (χ0) is 21.0. The van der Waals surface area contributed by atoms with Crippen molar-refractivity contribution in [2.24, 2.45) is 0 Å². The summed E-state index contributed by atoms with van der Waals surface area (Å²) in [6.07, 6.45) is -0.865. The van der Waals surface area contributed by atoms with Gasteiger partial charge in [-0.2, -0.15) is 0 Å². The molecule has 7 nitrogen and oxygen atoms in total. The van der Waals surface area contributed by atoms with Crippen LogP contribution in [-0.2, 0) is 17.6 Å². The molecule has 2 aliphatic heterocycles. The van der Waals surface area contributed by atoms with Gasteiger partial charge in [-0.15, -0.1) is 0 Å². The van der Waals surface area contributed by atoms with Crippen LogP contribution in [0.4, 0.5) is 13.6 Å². The predicted octanol–water partition coefficient (Wildman–Crippen LogP) is 1.56. The van der Waals surface area contributed by atoms with E-state index in [4.69, 9.17) is 0 Å². The summed E-state index contributed by atoms with van der Waals surface area (Å²) < 4.78 is 26.6. The molecule has 0 aromatic heterocycles. The van der Waals surface area contributed by atoms with Crippen LogP contribution in [-0.4, -0.2) is 64.8 Å². The molecule has 1 saturated heterocycles. The minimum atomic E-state index is -2.56. The molecule has 1 aromatic rings. The van der Waals surface area contributed by atoms with Crippen LogP contribution in [0.3, 0.4) is 0 Å². The largest absolute Gasteiger partial charge is 0.508 e. The molecule has 0 radical (unpaired) electrons. The van der Waals surface area contributed by atoms with Crippen molar-refractivity contribution >= 4 is 11.9 Å². The van der Waals surface area contributed by atoms with E-state index in [0.29, 0.717) is 25.8 Å². The van der Waals surface area contributed by atoms with Gasteiger partial charge in [-0.25, -0.2) is 13.6 Å². The average molecular weight is 411 g/mol. The summed E-state index contributed by atoms with van der Waals surface area (Å²) in [4.78, 5) is 25.2. The Kier molecular flexibility index (Phi) is 6.69. The van der Waals surface area contributed by atoms with Crippen molar-refractivity contribution in [3.8, 4) is 5.75 Å². The van der Waals surface area contributed by atoms with Gasteiger partial charge >= 0.3 is 6.03 Å². The number of carbonyl (C=O) groups excluding carboxylic acids is 2. The van der Waals surface area contributed by atoms with E-state index in [-0.39, 0.29) is 31.6 Å². The first-order valence-electron chi connectivity index (χ1n) is 9.90. The summed E-state index contributed by atoms with van der Waals surface area (Å²) in [5, 5.41) is 26.1. The fraction of sp³-hybridized carbons (Fsp3) is 0.600. The molecule has 0 unspecified atom stereocenters. The van der Waals surface area contributed by atoms with Crippen molar-refractivity contribution in [2.45, 2.75) is 56.6 Å². The topological polar surface area (TPSA) is 102 Å². The van der Waals surface area contributed by atoms with Crippen molar-refractivity contribution in [1.29, 1.82) is 0 Å². The van der Waals surface area contributed by atoms with Crippen LogP contribution in [0, 0.1) is 0 Å². The van der Waals surface area contributed by atoms with Gasteiger partial charge in [-0.1, -0.05) is 6.07 Å². The first-order chi connectivity index (χ1) is 13.8. The minimum absolute atomic E-state index is 0.0611. The molecule has 0 saturated carbocycles. The molecule has 0 bridgehead atoms. The lowest BCUT2D eigenvalue weighted by molar-refractivity contribution is -0.123. The van der Waals surface area contributed by atoms with Crippen LogP contribution >= 0.6 is 0 Å². The summed E-state index contributed by atoms with van der Waals surface area (Å²) in [6.45, 7) is 0.0149. The van der Waals surface area contributed by atoms with Crippen LogP contribution in [0.15, 0.2) is 18.2 Å². The quantitative estimate of drug-likeness (QED) is 0.605. The maximum absolute atomic E-state index is 13.3. The number of phenols is 1. The molecule has 2 atom stereocenters. The third-order valence-corrected chi connectivity index (χ3v) is 5.81. The molecule has 29 heavy (non-hydrogen) atoms. The Balaban J connectivity index is 1.95. The Morgan fingerprint density at radius 3 is 2.76 bits per heavy atom. The molecule has 9 heteroatoms. The number of fused-ring (bicyclic) bond motifs is 1. The number of aromatic hydroxyl groups is 1. The molecular formula is C20H27F2N3O4. The number of hydrogen-bond acceptors (Lipinski definition) is 5. The van der Waals surface area contributed by atoms with Crippen molar-refractivity contribution < 1.29 is 28.6 Å². The Labute approximate surface area is 168 Å². The summed E-state index contributed by atoms with van der Waals surface area (Å²) >= 11 is 0. The molecule has 0 aliphatic carbocycles. The third kappa shape index (κ3) is 5.42. The second-order valence-corrected chi connectivity index (χ2v) is 7.82. The second kappa shape index (κ2) is 9.04. The highest BCUT2D eigenvalue weighted by Gasteiger charge is 2.42. The maximum atomic E-state index is 13.3. The Morgan fingerprint density at radius 2 is 2.00 bits per heavy atom. The summed E-state index contributed by atoms with van der Waals surface area (Å²) in [7, 11) is 0. The van der Waals surface area contributed by atoms with Gasteiger partial charge < -0.3 is 15.5 Å². The van der Waals surface area contributed by atoms with E-state index < -0.39 is 36.6 Å². The van der Waals surface area contributed by atoms with Crippen molar-refractivity contribution in [3.05, 3.63) is 29.3 Å². The van der Waals surface area contributed by atoms with Gasteiger partial charge in [0.15, 0.2) is 0 Å². The molecule has 2 aliphatic rings. The number of rotatable bonds is 3. The zero-order valence-corrected chi connectivity index (χ0v) is 16.2. The zero-order valence-electron chi connectivity index (χ0n) is 16.2. The van der Waals surface area contributed by atoms with E-state index >= 15 is 0 Å². The molecule has 3 rings (SSSR count). The third-order valence-electron chi connectivity index (χ3n) is 5.81. The molecule has 3 amide bonds. The number of imide groups is 1. The van der Waals surface area contributed by atoms with Gasteiger partial charge in [-0.3, -0.25) is 15.0 Å². The summed E-state index contributed by atoms with van der Waals surface area (Å²) in [5.41, 5.74) is 0.383.